The molecule has 0 aromatic heterocycles. The Hall–Kier alpha value is -1.11. The second-order valence-electron chi connectivity index (χ2n) is 5.64. The summed E-state index contributed by atoms with van der Waals surface area (Å²) in [4.78, 5) is 12.3. The second-order valence-corrected chi connectivity index (χ2v) is 5.64. The van der Waals surface area contributed by atoms with Gasteiger partial charge in [0, 0.05) is 12.3 Å². The number of rotatable bonds is 5. The van der Waals surface area contributed by atoms with Gasteiger partial charge >= 0.3 is 0 Å². The molecule has 1 atom stereocenters. The second kappa shape index (κ2) is 6.00. The van der Waals surface area contributed by atoms with Crippen molar-refractivity contribution in [2.45, 2.75) is 47.0 Å². The third kappa shape index (κ3) is 3.69. The van der Waals surface area contributed by atoms with Gasteiger partial charge in [-0.3, -0.25) is 4.79 Å². The van der Waals surface area contributed by atoms with E-state index in [9.17, 15) is 4.79 Å². The Morgan fingerprint density at radius 2 is 1.71 bits per heavy atom. The van der Waals surface area contributed by atoms with Gasteiger partial charge in [-0.2, -0.15) is 0 Å². The van der Waals surface area contributed by atoms with Gasteiger partial charge in [0.2, 0.25) is 0 Å². The summed E-state index contributed by atoms with van der Waals surface area (Å²) in [6.07, 6.45) is 0.678. The summed E-state index contributed by atoms with van der Waals surface area (Å²) in [7, 11) is 0. The maximum absolute atomic E-state index is 12.3. The van der Waals surface area contributed by atoms with E-state index in [4.69, 9.17) is 0 Å². The summed E-state index contributed by atoms with van der Waals surface area (Å²) in [5, 5.41) is 0. The first-order chi connectivity index (χ1) is 7.93. The third-order valence-electron chi connectivity index (χ3n) is 3.15. The van der Waals surface area contributed by atoms with Crippen LogP contribution in [0.3, 0.4) is 0 Å². The highest BCUT2D eigenvalue weighted by Gasteiger charge is 2.25. The average molecular weight is 232 g/mol. The zero-order valence-corrected chi connectivity index (χ0v) is 11.7. The SMILES string of the molecule is Cc1ccccc1C(C(=O)CC(C)C)C(C)C. The summed E-state index contributed by atoms with van der Waals surface area (Å²) >= 11 is 0. The lowest BCUT2D eigenvalue weighted by Crippen LogP contribution is -2.20. The van der Waals surface area contributed by atoms with E-state index in [1.807, 2.05) is 12.1 Å². The number of hydrogen-bond donors (Lipinski definition) is 0. The molecule has 0 amide bonds. The van der Waals surface area contributed by atoms with Gasteiger partial charge < -0.3 is 0 Å². The highest BCUT2D eigenvalue weighted by Crippen LogP contribution is 2.29. The van der Waals surface area contributed by atoms with E-state index in [0.717, 1.165) is 0 Å². The van der Waals surface area contributed by atoms with E-state index < -0.39 is 0 Å². The number of carbonyl (C=O) groups excluding carboxylic acids is 1. The molecule has 0 radical (unpaired) electrons. The molecule has 1 aromatic carbocycles. The van der Waals surface area contributed by atoms with Crippen molar-refractivity contribution in [1.82, 2.24) is 0 Å². The van der Waals surface area contributed by atoms with Gasteiger partial charge in [0.1, 0.15) is 5.78 Å². The lowest BCUT2D eigenvalue weighted by molar-refractivity contribution is -0.122. The molecule has 17 heavy (non-hydrogen) atoms. The van der Waals surface area contributed by atoms with Gasteiger partial charge in [-0.1, -0.05) is 52.0 Å². The van der Waals surface area contributed by atoms with Crippen LogP contribution in [0.25, 0.3) is 0 Å². The molecule has 0 aliphatic heterocycles. The Bertz CT molecular complexity index is 377. The molecule has 0 fully saturated rings. The normalized spacial score (nSPS) is 13.1. The fourth-order valence-electron chi connectivity index (χ4n) is 2.37. The molecule has 1 aromatic rings. The molecule has 1 heteroatoms. The van der Waals surface area contributed by atoms with Crippen LogP contribution in [0.15, 0.2) is 24.3 Å². The minimum atomic E-state index is 0.0543. The summed E-state index contributed by atoms with van der Waals surface area (Å²) in [5.74, 6) is 1.23. The Labute approximate surface area is 105 Å². The van der Waals surface area contributed by atoms with Gasteiger partial charge in [0.15, 0.2) is 0 Å². The predicted octanol–water partition coefficient (Wildman–Crippen LogP) is 4.35. The summed E-state index contributed by atoms with van der Waals surface area (Å²) in [6.45, 7) is 10.6. The largest absolute Gasteiger partial charge is 0.299 e. The lowest BCUT2D eigenvalue weighted by Gasteiger charge is -2.22. The summed E-state index contributed by atoms with van der Waals surface area (Å²) in [6, 6.07) is 8.25. The quantitative estimate of drug-likeness (QED) is 0.737. The molecular weight excluding hydrogens is 208 g/mol. The van der Waals surface area contributed by atoms with Crippen LogP contribution in [-0.4, -0.2) is 5.78 Å². The molecule has 0 saturated carbocycles. The molecule has 1 rings (SSSR count). The van der Waals surface area contributed by atoms with E-state index in [0.29, 0.717) is 24.0 Å². The summed E-state index contributed by atoms with van der Waals surface area (Å²) in [5.41, 5.74) is 2.43. The van der Waals surface area contributed by atoms with Crippen molar-refractivity contribution in [2.75, 3.05) is 0 Å². The number of aryl methyl sites for hydroxylation is 1. The minimum absolute atomic E-state index is 0.0543. The first-order valence-electron chi connectivity index (χ1n) is 6.51. The van der Waals surface area contributed by atoms with Crippen molar-refractivity contribution in [3.05, 3.63) is 35.4 Å². The molecule has 1 nitrogen and oxygen atoms in total. The van der Waals surface area contributed by atoms with Crippen LogP contribution >= 0.6 is 0 Å². The van der Waals surface area contributed by atoms with E-state index in [2.05, 4.69) is 46.8 Å². The molecule has 0 N–H and O–H groups in total. The molecule has 0 spiro atoms. The van der Waals surface area contributed by atoms with E-state index in [-0.39, 0.29) is 5.92 Å². The molecule has 94 valence electrons. The maximum Gasteiger partial charge on any atom is 0.140 e. The van der Waals surface area contributed by atoms with Gasteiger partial charge in [0.25, 0.3) is 0 Å². The van der Waals surface area contributed by atoms with Crippen molar-refractivity contribution in [1.29, 1.82) is 0 Å². The zero-order chi connectivity index (χ0) is 13.0. The van der Waals surface area contributed by atoms with Crippen LogP contribution in [-0.2, 0) is 4.79 Å². The Kier molecular flexibility index (Phi) is 4.92. The van der Waals surface area contributed by atoms with E-state index in [1.54, 1.807) is 0 Å². The predicted molar refractivity (Wildman–Crippen MR) is 73.2 cm³/mol. The maximum atomic E-state index is 12.3. The van der Waals surface area contributed by atoms with Gasteiger partial charge in [-0.05, 0) is 29.9 Å². The molecule has 0 heterocycles. The first kappa shape index (κ1) is 14.0. The average Bonchev–Trinajstić information content (AvgIpc) is 2.19. The van der Waals surface area contributed by atoms with Crippen LogP contribution in [0, 0.1) is 18.8 Å². The molecule has 1 unspecified atom stereocenters. The third-order valence-corrected chi connectivity index (χ3v) is 3.15. The molecule has 0 aliphatic rings. The zero-order valence-electron chi connectivity index (χ0n) is 11.7. The first-order valence-corrected chi connectivity index (χ1v) is 6.51. The van der Waals surface area contributed by atoms with Crippen LogP contribution in [0.5, 0.6) is 0 Å². The van der Waals surface area contributed by atoms with Gasteiger partial charge in [-0.15, -0.1) is 0 Å². The number of Topliss-reactive ketones (excluding diaryl/α,β-unsaturated/α-hetero) is 1. The topological polar surface area (TPSA) is 17.1 Å². The highest BCUT2D eigenvalue weighted by molar-refractivity contribution is 5.86. The fourth-order valence-corrected chi connectivity index (χ4v) is 2.37. The van der Waals surface area contributed by atoms with Crippen molar-refractivity contribution in [3.8, 4) is 0 Å². The smallest absolute Gasteiger partial charge is 0.140 e. The van der Waals surface area contributed by atoms with Gasteiger partial charge in [-0.25, -0.2) is 0 Å². The Morgan fingerprint density at radius 1 is 1.12 bits per heavy atom. The lowest BCUT2D eigenvalue weighted by atomic mass is 9.80. The molecular formula is C16H24O. The Morgan fingerprint density at radius 3 is 2.18 bits per heavy atom. The minimum Gasteiger partial charge on any atom is -0.299 e. The fraction of sp³-hybridized carbons (Fsp3) is 0.562. The molecule has 0 saturated heterocycles. The van der Waals surface area contributed by atoms with Crippen molar-refractivity contribution >= 4 is 5.78 Å². The number of hydrogen-bond acceptors (Lipinski definition) is 1. The number of ketones is 1. The van der Waals surface area contributed by atoms with Crippen LogP contribution < -0.4 is 0 Å². The molecule has 0 aliphatic carbocycles. The van der Waals surface area contributed by atoms with E-state index >= 15 is 0 Å². The highest BCUT2D eigenvalue weighted by atomic mass is 16.1. The van der Waals surface area contributed by atoms with Crippen LogP contribution in [0.2, 0.25) is 0 Å². The van der Waals surface area contributed by atoms with Crippen molar-refractivity contribution in [2.24, 2.45) is 11.8 Å². The molecule has 0 bridgehead atoms. The number of benzene rings is 1. The van der Waals surface area contributed by atoms with Crippen molar-refractivity contribution < 1.29 is 4.79 Å². The van der Waals surface area contributed by atoms with Gasteiger partial charge in [0.05, 0.1) is 0 Å². The van der Waals surface area contributed by atoms with E-state index in [1.165, 1.54) is 11.1 Å². The standard InChI is InChI=1S/C16H24O/c1-11(2)10-15(17)16(12(3)4)14-9-7-6-8-13(14)5/h6-9,11-12,16H,10H2,1-5H3. The van der Waals surface area contributed by atoms with Crippen molar-refractivity contribution in [3.63, 3.8) is 0 Å². The van der Waals surface area contributed by atoms with Crippen LogP contribution in [0.1, 0.15) is 51.2 Å². The monoisotopic (exact) mass is 232 g/mol. The number of carbonyl (C=O) groups is 1. The summed E-state index contributed by atoms with van der Waals surface area (Å²) < 4.78 is 0. The van der Waals surface area contributed by atoms with Crippen LogP contribution in [0.4, 0.5) is 0 Å². The Balaban J connectivity index is 3.02.